The molecule has 134 valence electrons. The second-order valence-corrected chi connectivity index (χ2v) is 5.45. The van der Waals surface area contributed by atoms with Gasteiger partial charge in [-0.3, -0.25) is 9.79 Å². The average molecular weight is 456 g/mol. The largest absolute Gasteiger partial charge is 0.366 e. The molecule has 2 rings (SSSR count). The molecule has 0 fully saturated rings. The Morgan fingerprint density at radius 1 is 1.20 bits per heavy atom. The Morgan fingerprint density at radius 2 is 1.88 bits per heavy atom. The van der Waals surface area contributed by atoms with Crippen molar-refractivity contribution in [2.45, 2.75) is 13.1 Å². The van der Waals surface area contributed by atoms with Crippen molar-refractivity contribution in [2.75, 3.05) is 14.1 Å². The van der Waals surface area contributed by atoms with Crippen LogP contribution in [-0.4, -0.2) is 30.9 Å². The van der Waals surface area contributed by atoms with Gasteiger partial charge in [-0.15, -0.1) is 24.0 Å². The van der Waals surface area contributed by atoms with E-state index in [1.807, 2.05) is 30.1 Å². The van der Waals surface area contributed by atoms with E-state index in [0.717, 1.165) is 11.1 Å². The first-order chi connectivity index (χ1) is 11.5. The number of primary amides is 1. The highest BCUT2D eigenvalue weighted by atomic mass is 127. The van der Waals surface area contributed by atoms with Gasteiger partial charge >= 0.3 is 0 Å². The fourth-order valence-corrected chi connectivity index (χ4v) is 2.34. The summed E-state index contributed by atoms with van der Waals surface area (Å²) in [5, 5.41) is 3.24. The van der Waals surface area contributed by atoms with Crippen LogP contribution in [0.2, 0.25) is 0 Å². The summed E-state index contributed by atoms with van der Waals surface area (Å²) < 4.78 is 13.3. The summed E-state index contributed by atoms with van der Waals surface area (Å²) in [5.41, 5.74) is 7.57. The number of nitrogens with two attached hydrogens (primary N) is 1. The van der Waals surface area contributed by atoms with E-state index in [9.17, 15) is 9.18 Å². The summed E-state index contributed by atoms with van der Waals surface area (Å²) >= 11 is 0. The number of halogens is 2. The molecule has 0 spiro atoms. The van der Waals surface area contributed by atoms with Crippen LogP contribution < -0.4 is 11.1 Å². The predicted molar refractivity (Wildman–Crippen MR) is 108 cm³/mol. The Kier molecular flexibility index (Phi) is 8.33. The Bertz CT molecular complexity index is 734. The second kappa shape index (κ2) is 9.97. The summed E-state index contributed by atoms with van der Waals surface area (Å²) in [6.45, 7) is 1.09. The van der Waals surface area contributed by atoms with Crippen LogP contribution in [0.25, 0.3) is 0 Å². The van der Waals surface area contributed by atoms with Crippen LogP contribution >= 0.6 is 24.0 Å². The Balaban J connectivity index is 0.00000312. The van der Waals surface area contributed by atoms with Gasteiger partial charge in [0.15, 0.2) is 5.96 Å². The summed E-state index contributed by atoms with van der Waals surface area (Å²) in [5.74, 6) is -0.00299. The number of amides is 1. The molecule has 0 saturated heterocycles. The van der Waals surface area contributed by atoms with Crippen molar-refractivity contribution in [3.05, 3.63) is 71.0 Å². The van der Waals surface area contributed by atoms with E-state index in [1.165, 1.54) is 12.1 Å². The molecule has 0 atom stereocenters. The van der Waals surface area contributed by atoms with Crippen LogP contribution in [0.15, 0.2) is 53.5 Å². The standard InChI is InChI=1S/C18H21FN4O.HI/c1-21-18(23(2)12-14-4-3-5-16(19)10-14)22-11-13-6-8-15(9-7-13)17(20)24;/h3-10H,11-12H2,1-2H3,(H2,20,24)(H,21,22);1H. The molecule has 7 heteroatoms. The number of rotatable bonds is 5. The van der Waals surface area contributed by atoms with E-state index in [4.69, 9.17) is 5.73 Å². The highest BCUT2D eigenvalue weighted by Gasteiger charge is 2.07. The molecule has 0 aliphatic rings. The van der Waals surface area contributed by atoms with Gasteiger partial charge in [-0.2, -0.15) is 0 Å². The molecule has 2 aromatic carbocycles. The van der Waals surface area contributed by atoms with Gasteiger partial charge in [0.05, 0.1) is 0 Å². The zero-order valence-corrected chi connectivity index (χ0v) is 16.5. The molecule has 0 aromatic heterocycles. The molecule has 0 heterocycles. The third-order valence-electron chi connectivity index (χ3n) is 3.57. The topological polar surface area (TPSA) is 70.7 Å². The number of benzene rings is 2. The van der Waals surface area contributed by atoms with E-state index in [0.29, 0.717) is 24.6 Å². The van der Waals surface area contributed by atoms with Crippen LogP contribution in [0.5, 0.6) is 0 Å². The van der Waals surface area contributed by atoms with Gasteiger partial charge in [0.1, 0.15) is 5.82 Å². The average Bonchev–Trinajstić information content (AvgIpc) is 2.56. The van der Waals surface area contributed by atoms with Crippen molar-refractivity contribution in [3.63, 3.8) is 0 Å². The smallest absolute Gasteiger partial charge is 0.248 e. The number of aliphatic imine (C=N–C) groups is 1. The minimum atomic E-state index is -0.444. The molecule has 2 aromatic rings. The third-order valence-corrected chi connectivity index (χ3v) is 3.57. The number of carbonyl (C=O) groups excluding carboxylic acids is 1. The molecular formula is C18H22FIN4O. The molecule has 5 nitrogen and oxygen atoms in total. The fourth-order valence-electron chi connectivity index (χ4n) is 2.34. The third kappa shape index (κ3) is 6.33. The maximum atomic E-state index is 13.3. The quantitative estimate of drug-likeness (QED) is 0.413. The molecule has 1 amide bonds. The first-order valence-corrected chi connectivity index (χ1v) is 7.54. The Labute approximate surface area is 164 Å². The number of hydrogen-bond donors (Lipinski definition) is 2. The van der Waals surface area contributed by atoms with Crippen molar-refractivity contribution < 1.29 is 9.18 Å². The lowest BCUT2D eigenvalue weighted by Crippen LogP contribution is -2.38. The van der Waals surface area contributed by atoms with Crippen molar-refractivity contribution in [1.82, 2.24) is 10.2 Å². The van der Waals surface area contributed by atoms with Crippen molar-refractivity contribution in [1.29, 1.82) is 0 Å². The van der Waals surface area contributed by atoms with E-state index in [1.54, 1.807) is 25.2 Å². The minimum Gasteiger partial charge on any atom is -0.366 e. The molecule has 0 unspecified atom stereocenters. The number of carbonyl (C=O) groups is 1. The molecule has 25 heavy (non-hydrogen) atoms. The molecule has 3 N–H and O–H groups in total. The van der Waals surface area contributed by atoms with Gasteiger partial charge < -0.3 is 16.0 Å². The zero-order valence-electron chi connectivity index (χ0n) is 14.2. The number of hydrogen-bond acceptors (Lipinski definition) is 2. The first-order valence-electron chi connectivity index (χ1n) is 7.54. The normalized spacial score (nSPS) is 10.8. The fraction of sp³-hybridized carbons (Fsp3) is 0.222. The highest BCUT2D eigenvalue weighted by molar-refractivity contribution is 14.0. The number of nitrogens with one attached hydrogen (secondary N) is 1. The molecule has 0 aliphatic carbocycles. The maximum absolute atomic E-state index is 13.3. The lowest BCUT2D eigenvalue weighted by atomic mass is 10.1. The van der Waals surface area contributed by atoms with Crippen LogP contribution in [-0.2, 0) is 13.1 Å². The van der Waals surface area contributed by atoms with E-state index in [-0.39, 0.29) is 29.8 Å². The summed E-state index contributed by atoms with van der Waals surface area (Å²) in [6.07, 6.45) is 0. The number of guanidine groups is 1. The second-order valence-electron chi connectivity index (χ2n) is 5.45. The zero-order chi connectivity index (χ0) is 17.5. The van der Waals surface area contributed by atoms with Gasteiger partial charge in [-0.05, 0) is 35.4 Å². The van der Waals surface area contributed by atoms with Crippen molar-refractivity contribution >= 4 is 35.8 Å². The molecule has 0 saturated carbocycles. The SMILES string of the molecule is CN=C(NCc1ccc(C(N)=O)cc1)N(C)Cc1cccc(F)c1.I. The lowest BCUT2D eigenvalue weighted by Gasteiger charge is -2.22. The Morgan fingerprint density at radius 3 is 2.44 bits per heavy atom. The van der Waals surface area contributed by atoms with E-state index < -0.39 is 5.91 Å². The van der Waals surface area contributed by atoms with Crippen LogP contribution in [0, 0.1) is 5.82 Å². The monoisotopic (exact) mass is 456 g/mol. The summed E-state index contributed by atoms with van der Waals surface area (Å²) in [6, 6.07) is 13.6. The molecular weight excluding hydrogens is 434 g/mol. The van der Waals surface area contributed by atoms with Crippen LogP contribution in [0.4, 0.5) is 4.39 Å². The van der Waals surface area contributed by atoms with E-state index in [2.05, 4.69) is 10.3 Å². The van der Waals surface area contributed by atoms with Gasteiger partial charge in [-0.25, -0.2) is 4.39 Å². The maximum Gasteiger partial charge on any atom is 0.248 e. The van der Waals surface area contributed by atoms with Gasteiger partial charge in [-0.1, -0.05) is 24.3 Å². The van der Waals surface area contributed by atoms with E-state index >= 15 is 0 Å². The lowest BCUT2D eigenvalue weighted by molar-refractivity contribution is 0.100. The van der Waals surface area contributed by atoms with Gasteiger partial charge in [0.25, 0.3) is 0 Å². The number of nitrogens with zero attached hydrogens (tertiary/aromatic N) is 2. The van der Waals surface area contributed by atoms with Crippen LogP contribution in [0.1, 0.15) is 21.5 Å². The molecule has 0 radical (unpaired) electrons. The van der Waals surface area contributed by atoms with Crippen molar-refractivity contribution in [3.8, 4) is 0 Å². The predicted octanol–water partition coefficient (Wildman–Crippen LogP) is 2.75. The first kappa shape index (κ1) is 20.9. The van der Waals surface area contributed by atoms with Crippen molar-refractivity contribution in [2.24, 2.45) is 10.7 Å². The summed E-state index contributed by atoms with van der Waals surface area (Å²) in [7, 11) is 3.58. The van der Waals surface area contributed by atoms with Crippen LogP contribution in [0.3, 0.4) is 0 Å². The molecule has 0 aliphatic heterocycles. The minimum absolute atomic E-state index is 0. The summed E-state index contributed by atoms with van der Waals surface area (Å²) in [4.78, 5) is 17.2. The van der Waals surface area contributed by atoms with Gasteiger partial charge in [0.2, 0.25) is 5.91 Å². The highest BCUT2D eigenvalue weighted by Crippen LogP contribution is 2.07. The molecule has 0 bridgehead atoms. The van der Waals surface area contributed by atoms with Gasteiger partial charge in [0, 0.05) is 32.7 Å². The Hall–Kier alpha value is -2.16.